The summed E-state index contributed by atoms with van der Waals surface area (Å²) in [5.74, 6) is 0.644. The second-order valence-electron chi connectivity index (χ2n) is 11.4. The summed E-state index contributed by atoms with van der Waals surface area (Å²) in [6.45, 7) is 25.7. The molecule has 0 atom stereocenters. The number of hydrogen-bond acceptors (Lipinski definition) is 4. The molecule has 0 aliphatic carbocycles. The zero-order valence-corrected chi connectivity index (χ0v) is 29.1. The maximum absolute atomic E-state index is 10.4. The minimum Gasteiger partial charge on any atom is -0.508 e. The van der Waals surface area contributed by atoms with Crippen molar-refractivity contribution in [1.29, 1.82) is 0 Å². The minimum atomic E-state index is -1.98. The van der Waals surface area contributed by atoms with Crippen molar-refractivity contribution >= 4 is 16.6 Å². The van der Waals surface area contributed by atoms with Crippen LogP contribution in [0.25, 0.3) is 0 Å². The van der Waals surface area contributed by atoms with Gasteiger partial charge in [0.1, 0.15) is 11.5 Å². The van der Waals surface area contributed by atoms with Crippen LogP contribution in [0.1, 0.15) is 83.1 Å². The molecule has 0 saturated carbocycles. The molecule has 0 unspecified atom stereocenters. The SMILES string of the molecule is CC(C)[Si](O)(C(C)C)C(C)C.CC(C)[Si](O)(C(C)C)C(C)C.Oc1ccccc1.Oc1ccccc1.[Ti]. The molecule has 0 saturated heterocycles. The van der Waals surface area contributed by atoms with Crippen LogP contribution in [0, 0.1) is 0 Å². The molecule has 0 aliphatic heterocycles. The summed E-state index contributed by atoms with van der Waals surface area (Å²) in [6.07, 6.45) is 0. The second kappa shape index (κ2) is 20.1. The number of aromatic hydroxyl groups is 2. The molecule has 212 valence electrons. The quantitative estimate of drug-likeness (QED) is 0.255. The van der Waals surface area contributed by atoms with Crippen LogP contribution in [0.4, 0.5) is 0 Å². The molecular formula is C30H56O4Si2Ti. The largest absolute Gasteiger partial charge is 0.508 e. The minimum absolute atomic E-state index is 0. The summed E-state index contributed by atoms with van der Waals surface area (Å²) in [4.78, 5) is 20.8. The molecule has 4 nitrogen and oxygen atoms in total. The number of benzene rings is 2. The topological polar surface area (TPSA) is 80.9 Å². The molecule has 37 heavy (non-hydrogen) atoms. The van der Waals surface area contributed by atoms with Gasteiger partial charge in [-0.05, 0) is 57.5 Å². The normalized spacial score (nSPS) is 11.4. The van der Waals surface area contributed by atoms with E-state index < -0.39 is 16.6 Å². The van der Waals surface area contributed by atoms with Crippen molar-refractivity contribution in [3.05, 3.63) is 60.7 Å². The van der Waals surface area contributed by atoms with Gasteiger partial charge >= 0.3 is 0 Å². The molecular weight excluding hydrogens is 528 g/mol. The average molecular weight is 585 g/mol. The van der Waals surface area contributed by atoms with Crippen LogP contribution < -0.4 is 0 Å². The van der Waals surface area contributed by atoms with Crippen LogP contribution in [0.2, 0.25) is 33.2 Å². The van der Waals surface area contributed by atoms with Gasteiger partial charge in [-0.3, -0.25) is 0 Å². The Kier molecular flexibility index (Phi) is 22.0. The Balaban J connectivity index is -0.000000420. The van der Waals surface area contributed by atoms with Crippen LogP contribution in [0.3, 0.4) is 0 Å². The molecule has 0 heterocycles. The molecule has 0 aromatic heterocycles. The molecule has 0 fully saturated rings. The zero-order valence-electron chi connectivity index (χ0n) is 25.5. The van der Waals surface area contributed by atoms with Gasteiger partial charge in [0.25, 0.3) is 0 Å². The molecule has 7 heteroatoms. The van der Waals surface area contributed by atoms with E-state index in [9.17, 15) is 9.59 Å². The predicted molar refractivity (Wildman–Crippen MR) is 163 cm³/mol. The summed E-state index contributed by atoms with van der Waals surface area (Å²) in [7, 11) is -3.96. The first-order chi connectivity index (χ1) is 16.4. The Labute approximate surface area is 245 Å². The van der Waals surface area contributed by atoms with Gasteiger partial charge < -0.3 is 19.8 Å². The van der Waals surface area contributed by atoms with E-state index in [-0.39, 0.29) is 21.7 Å². The first-order valence-corrected chi connectivity index (χ1v) is 17.7. The summed E-state index contributed by atoms with van der Waals surface area (Å²) < 4.78 is 0. The van der Waals surface area contributed by atoms with Crippen molar-refractivity contribution in [3.63, 3.8) is 0 Å². The molecule has 2 aromatic carbocycles. The third-order valence-corrected chi connectivity index (χ3v) is 18.2. The van der Waals surface area contributed by atoms with Gasteiger partial charge in [-0.25, -0.2) is 0 Å². The molecule has 4 N–H and O–H groups in total. The van der Waals surface area contributed by atoms with E-state index >= 15 is 0 Å². The molecule has 0 amide bonds. The Morgan fingerprint density at radius 3 is 0.622 bits per heavy atom. The van der Waals surface area contributed by atoms with Crippen molar-refractivity contribution in [1.82, 2.24) is 0 Å². The van der Waals surface area contributed by atoms with Crippen molar-refractivity contribution in [2.75, 3.05) is 0 Å². The van der Waals surface area contributed by atoms with Crippen LogP contribution in [0.5, 0.6) is 11.5 Å². The van der Waals surface area contributed by atoms with Gasteiger partial charge in [0.2, 0.25) is 0 Å². The van der Waals surface area contributed by atoms with E-state index in [4.69, 9.17) is 10.2 Å². The molecule has 2 aromatic rings. The van der Waals surface area contributed by atoms with Crippen molar-refractivity contribution in [2.24, 2.45) is 0 Å². The fourth-order valence-electron chi connectivity index (χ4n) is 4.86. The van der Waals surface area contributed by atoms with Gasteiger partial charge in [-0.15, -0.1) is 0 Å². The Morgan fingerprint density at radius 2 is 0.568 bits per heavy atom. The number of hydrogen-bond donors (Lipinski definition) is 4. The van der Waals surface area contributed by atoms with Crippen molar-refractivity contribution in [2.45, 2.75) is 116 Å². The molecule has 0 radical (unpaired) electrons. The van der Waals surface area contributed by atoms with Gasteiger partial charge in [0.05, 0.1) is 0 Å². The van der Waals surface area contributed by atoms with E-state index in [0.717, 1.165) is 0 Å². The van der Waals surface area contributed by atoms with Crippen LogP contribution in [-0.2, 0) is 21.7 Å². The van der Waals surface area contributed by atoms with Crippen molar-refractivity contribution in [3.8, 4) is 11.5 Å². The smallest absolute Gasteiger partial charge is 0.196 e. The third-order valence-electron chi connectivity index (χ3n) is 7.06. The Bertz CT molecular complexity index is 672. The van der Waals surface area contributed by atoms with E-state index in [1.807, 2.05) is 12.1 Å². The number of rotatable bonds is 6. The number of para-hydroxylation sites is 2. The number of phenols is 2. The van der Waals surface area contributed by atoms with E-state index in [2.05, 4.69) is 83.1 Å². The average Bonchev–Trinajstić information content (AvgIpc) is 2.79. The van der Waals surface area contributed by atoms with Crippen molar-refractivity contribution < 1.29 is 41.5 Å². The maximum atomic E-state index is 10.4. The van der Waals surface area contributed by atoms with E-state index in [1.165, 1.54) is 0 Å². The fourth-order valence-corrected chi connectivity index (χ4v) is 12.9. The van der Waals surface area contributed by atoms with Gasteiger partial charge in [0, 0.05) is 21.7 Å². The standard InChI is InChI=1S/2C9H22OSi.2C6H6O.Ti/c2*1-7(2)11(10,8(3)4)9(5)6;2*7-6-4-2-1-3-5-6;/h2*7-10H,1-6H3;2*1-5,7H;. The Morgan fingerprint density at radius 1 is 0.405 bits per heavy atom. The van der Waals surface area contributed by atoms with Gasteiger partial charge in [-0.2, -0.15) is 0 Å². The first-order valence-electron chi connectivity index (χ1n) is 13.4. The third kappa shape index (κ3) is 14.7. The fraction of sp³-hybridized carbons (Fsp3) is 0.600. The molecule has 2 rings (SSSR count). The van der Waals surface area contributed by atoms with E-state index in [1.54, 1.807) is 48.5 Å². The maximum Gasteiger partial charge on any atom is 0.196 e. The van der Waals surface area contributed by atoms with Crippen LogP contribution in [-0.4, -0.2) is 36.4 Å². The monoisotopic (exact) mass is 584 g/mol. The summed E-state index contributed by atoms with van der Waals surface area (Å²) in [5, 5.41) is 17.3. The summed E-state index contributed by atoms with van der Waals surface area (Å²) in [6, 6.07) is 17.4. The summed E-state index contributed by atoms with van der Waals surface area (Å²) in [5.41, 5.74) is 2.85. The Hall–Kier alpha value is -0.892. The molecule has 0 aliphatic rings. The van der Waals surface area contributed by atoms with Gasteiger partial charge in [-0.1, -0.05) is 119 Å². The second-order valence-corrected chi connectivity index (χ2v) is 21.9. The van der Waals surface area contributed by atoms with Gasteiger partial charge in [0.15, 0.2) is 16.6 Å². The zero-order chi connectivity index (χ0) is 28.7. The van der Waals surface area contributed by atoms with Crippen LogP contribution in [0.15, 0.2) is 60.7 Å². The van der Waals surface area contributed by atoms with E-state index in [0.29, 0.717) is 44.7 Å². The molecule has 0 bridgehead atoms. The predicted octanol–water partition coefficient (Wildman–Crippen LogP) is 9.09. The molecule has 0 spiro atoms. The first kappa shape index (κ1) is 40.6. The summed E-state index contributed by atoms with van der Waals surface area (Å²) >= 11 is 0. The number of phenolic OH excluding ortho intramolecular Hbond substituents is 2. The van der Waals surface area contributed by atoms with Crippen LogP contribution >= 0.6 is 0 Å².